The highest BCUT2D eigenvalue weighted by Gasteiger charge is 2.19. The molecule has 3 aromatic rings. The zero-order valence-electron chi connectivity index (χ0n) is 15.1. The molecule has 0 unspecified atom stereocenters. The third kappa shape index (κ3) is 3.27. The van der Waals surface area contributed by atoms with Gasteiger partial charge in [0.25, 0.3) is 5.56 Å². The molecule has 0 bridgehead atoms. The molecule has 0 saturated heterocycles. The largest absolute Gasteiger partial charge is 0.490 e. The van der Waals surface area contributed by atoms with Crippen molar-refractivity contribution in [1.82, 2.24) is 9.78 Å². The van der Waals surface area contributed by atoms with Crippen LogP contribution in [0.4, 0.5) is 0 Å². The number of hydrogen-bond acceptors (Lipinski definition) is 3. The van der Waals surface area contributed by atoms with Crippen LogP contribution in [0.1, 0.15) is 30.5 Å². The number of benzene rings is 2. The smallest absolute Gasteiger partial charge is 0.267 e. The molecular formula is C22H22N2O2. The topological polar surface area (TPSA) is 44.1 Å². The summed E-state index contributed by atoms with van der Waals surface area (Å²) in [6.07, 6.45) is 2.13. The molecule has 26 heavy (non-hydrogen) atoms. The molecule has 1 aliphatic heterocycles. The third-order valence-electron chi connectivity index (χ3n) is 4.82. The van der Waals surface area contributed by atoms with Crippen molar-refractivity contribution in [2.24, 2.45) is 0 Å². The monoisotopic (exact) mass is 346 g/mol. The van der Waals surface area contributed by atoms with Crippen molar-refractivity contribution in [3.8, 4) is 17.0 Å². The van der Waals surface area contributed by atoms with E-state index in [1.165, 1.54) is 15.8 Å². The van der Waals surface area contributed by atoms with Gasteiger partial charge in [-0.15, -0.1) is 0 Å². The molecule has 1 aromatic heterocycles. The number of rotatable bonds is 4. The van der Waals surface area contributed by atoms with Gasteiger partial charge in [0.1, 0.15) is 11.9 Å². The van der Waals surface area contributed by atoms with Gasteiger partial charge in [-0.2, -0.15) is 5.10 Å². The van der Waals surface area contributed by atoms with E-state index in [1.54, 1.807) is 12.1 Å². The van der Waals surface area contributed by atoms with E-state index in [4.69, 9.17) is 4.74 Å². The van der Waals surface area contributed by atoms with Crippen molar-refractivity contribution < 1.29 is 4.74 Å². The van der Waals surface area contributed by atoms with Crippen LogP contribution in [0.5, 0.6) is 5.75 Å². The van der Waals surface area contributed by atoms with Gasteiger partial charge in [-0.05, 0) is 54.3 Å². The Balaban J connectivity index is 1.64. The normalized spacial score (nSPS) is 15.5. The molecule has 0 saturated carbocycles. The summed E-state index contributed by atoms with van der Waals surface area (Å²) in [6.45, 7) is 4.68. The lowest BCUT2D eigenvalue weighted by Crippen LogP contribution is -2.22. The van der Waals surface area contributed by atoms with Crippen LogP contribution in [0.15, 0.2) is 59.4 Å². The van der Waals surface area contributed by atoms with Gasteiger partial charge in [-0.3, -0.25) is 4.79 Å². The fourth-order valence-electron chi connectivity index (χ4n) is 3.35. The van der Waals surface area contributed by atoms with Crippen LogP contribution < -0.4 is 10.3 Å². The molecule has 4 rings (SSSR count). The maximum atomic E-state index is 12.2. The first kappa shape index (κ1) is 16.6. The van der Waals surface area contributed by atoms with E-state index in [9.17, 15) is 4.79 Å². The maximum Gasteiger partial charge on any atom is 0.267 e. The van der Waals surface area contributed by atoms with E-state index in [0.29, 0.717) is 6.54 Å². The van der Waals surface area contributed by atoms with Gasteiger partial charge in [-0.1, -0.05) is 31.2 Å². The number of ether oxygens (including phenoxy) is 1. The molecule has 0 spiro atoms. The Labute approximate surface area is 153 Å². The van der Waals surface area contributed by atoms with Gasteiger partial charge < -0.3 is 4.74 Å². The second kappa shape index (κ2) is 6.79. The van der Waals surface area contributed by atoms with Crippen LogP contribution in [-0.4, -0.2) is 15.9 Å². The third-order valence-corrected chi connectivity index (χ3v) is 4.82. The minimum Gasteiger partial charge on any atom is -0.490 e. The average Bonchev–Trinajstić information content (AvgIpc) is 3.03. The first-order valence-electron chi connectivity index (χ1n) is 9.08. The fourth-order valence-corrected chi connectivity index (χ4v) is 3.35. The molecule has 132 valence electrons. The Morgan fingerprint density at radius 2 is 1.85 bits per heavy atom. The van der Waals surface area contributed by atoms with Crippen LogP contribution in [0.2, 0.25) is 0 Å². The summed E-state index contributed by atoms with van der Waals surface area (Å²) in [4.78, 5) is 12.2. The standard InChI is InChI=1S/C22H22N2O2/c1-3-16-4-6-17(7-5-16)14-24-22(25)11-9-20(23-24)18-8-10-21-19(13-18)12-15(2)26-21/h4-11,13,15H,3,12,14H2,1-2H3/t15-/m0/s1. The van der Waals surface area contributed by atoms with E-state index in [2.05, 4.69) is 49.3 Å². The summed E-state index contributed by atoms with van der Waals surface area (Å²) >= 11 is 0. The molecule has 1 atom stereocenters. The van der Waals surface area contributed by atoms with E-state index in [-0.39, 0.29) is 11.7 Å². The number of hydrogen-bond donors (Lipinski definition) is 0. The van der Waals surface area contributed by atoms with Crippen molar-refractivity contribution in [2.45, 2.75) is 39.3 Å². The molecule has 4 nitrogen and oxygen atoms in total. The van der Waals surface area contributed by atoms with Crippen molar-refractivity contribution in [2.75, 3.05) is 0 Å². The predicted molar refractivity (Wildman–Crippen MR) is 103 cm³/mol. The number of aromatic nitrogens is 2. The minimum absolute atomic E-state index is 0.0913. The van der Waals surface area contributed by atoms with Crippen LogP contribution in [0, 0.1) is 0 Å². The quantitative estimate of drug-likeness (QED) is 0.721. The van der Waals surface area contributed by atoms with Crippen LogP contribution >= 0.6 is 0 Å². The van der Waals surface area contributed by atoms with E-state index in [0.717, 1.165) is 35.4 Å². The van der Waals surface area contributed by atoms with Crippen LogP contribution in [-0.2, 0) is 19.4 Å². The number of nitrogens with zero attached hydrogens (tertiary/aromatic N) is 2. The maximum absolute atomic E-state index is 12.2. The van der Waals surface area contributed by atoms with Crippen molar-refractivity contribution in [3.05, 3.63) is 81.6 Å². The molecule has 0 radical (unpaired) electrons. The van der Waals surface area contributed by atoms with Crippen molar-refractivity contribution >= 4 is 0 Å². The zero-order valence-corrected chi connectivity index (χ0v) is 15.1. The van der Waals surface area contributed by atoms with Gasteiger partial charge in [0, 0.05) is 18.1 Å². The van der Waals surface area contributed by atoms with Gasteiger partial charge in [0.05, 0.1) is 12.2 Å². The minimum atomic E-state index is -0.0913. The lowest BCUT2D eigenvalue weighted by atomic mass is 10.0. The molecule has 0 fully saturated rings. The molecule has 0 N–H and O–H groups in total. The highest BCUT2D eigenvalue weighted by atomic mass is 16.5. The van der Waals surface area contributed by atoms with Gasteiger partial charge in [0.15, 0.2) is 0 Å². The zero-order chi connectivity index (χ0) is 18.1. The van der Waals surface area contributed by atoms with Crippen molar-refractivity contribution in [1.29, 1.82) is 0 Å². The SMILES string of the molecule is CCc1ccc(Cn2nc(-c3ccc4c(c3)C[C@H](C)O4)ccc2=O)cc1. The summed E-state index contributed by atoms with van der Waals surface area (Å²) in [6, 6.07) is 17.8. The van der Waals surface area contributed by atoms with E-state index >= 15 is 0 Å². The van der Waals surface area contributed by atoms with E-state index in [1.807, 2.05) is 12.1 Å². The first-order valence-corrected chi connectivity index (χ1v) is 9.08. The highest BCUT2D eigenvalue weighted by Crippen LogP contribution is 2.32. The summed E-state index contributed by atoms with van der Waals surface area (Å²) in [5, 5.41) is 4.59. The average molecular weight is 346 g/mol. The van der Waals surface area contributed by atoms with Crippen LogP contribution in [0.25, 0.3) is 11.3 Å². The molecule has 2 heterocycles. The first-order chi connectivity index (χ1) is 12.6. The van der Waals surface area contributed by atoms with Crippen molar-refractivity contribution in [3.63, 3.8) is 0 Å². The summed E-state index contributed by atoms with van der Waals surface area (Å²) in [5.41, 5.74) is 5.28. The Morgan fingerprint density at radius 1 is 1.08 bits per heavy atom. The summed E-state index contributed by atoms with van der Waals surface area (Å²) in [7, 11) is 0. The Kier molecular flexibility index (Phi) is 4.33. The number of aryl methyl sites for hydroxylation is 1. The lowest BCUT2D eigenvalue weighted by molar-refractivity contribution is 0.254. The number of fused-ring (bicyclic) bond motifs is 1. The molecule has 4 heteroatoms. The van der Waals surface area contributed by atoms with Crippen LogP contribution in [0.3, 0.4) is 0 Å². The van der Waals surface area contributed by atoms with E-state index < -0.39 is 0 Å². The Bertz CT molecular complexity index is 990. The van der Waals surface area contributed by atoms with Gasteiger partial charge >= 0.3 is 0 Å². The molecule has 1 aliphatic rings. The molecular weight excluding hydrogens is 324 g/mol. The second-order valence-electron chi connectivity index (χ2n) is 6.84. The van der Waals surface area contributed by atoms with Gasteiger partial charge in [-0.25, -0.2) is 4.68 Å². The second-order valence-corrected chi connectivity index (χ2v) is 6.84. The molecule has 0 aliphatic carbocycles. The molecule has 2 aromatic carbocycles. The fraction of sp³-hybridized carbons (Fsp3) is 0.273. The highest BCUT2D eigenvalue weighted by molar-refractivity contribution is 5.62. The predicted octanol–water partition coefficient (Wildman–Crippen LogP) is 3.84. The lowest BCUT2D eigenvalue weighted by Gasteiger charge is -2.09. The Hall–Kier alpha value is -2.88. The summed E-state index contributed by atoms with van der Waals surface area (Å²) in [5.74, 6) is 0.950. The Morgan fingerprint density at radius 3 is 2.62 bits per heavy atom. The molecule has 0 amide bonds. The summed E-state index contributed by atoms with van der Waals surface area (Å²) < 4.78 is 7.29. The van der Waals surface area contributed by atoms with Gasteiger partial charge in [0.2, 0.25) is 0 Å².